The van der Waals surface area contributed by atoms with Crippen LogP contribution in [0.3, 0.4) is 0 Å². The smallest absolute Gasteiger partial charge is 0.467 e. The molecule has 2 aliphatic heterocycles. The molecule has 4 rings (SSSR count). The summed E-state index contributed by atoms with van der Waals surface area (Å²) >= 11 is 0. The van der Waals surface area contributed by atoms with Gasteiger partial charge in [0.05, 0.1) is 6.54 Å². The molecule has 1 amide bonds. The van der Waals surface area contributed by atoms with E-state index in [0.29, 0.717) is 26.2 Å². The Morgan fingerprint density at radius 2 is 1.91 bits per heavy atom. The molecule has 15 heteroatoms. The van der Waals surface area contributed by atoms with Crippen LogP contribution in [0.5, 0.6) is 11.8 Å². The first-order valence-electron chi connectivity index (χ1n) is 10.2. The third-order valence-electron chi connectivity index (χ3n) is 5.17. The molecule has 184 valence electrons. The van der Waals surface area contributed by atoms with Gasteiger partial charge in [-0.3, -0.25) is 9.30 Å². The highest BCUT2D eigenvalue weighted by Crippen LogP contribution is 2.24. The number of imidazole rings is 1. The van der Waals surface area contributed by atoms with Gasteiger partial charge in [-0.05, 0) is 29.2 Å². The Morgan fingerprint density at radius 3 is 2.56 bits per heavy atom. The Bertz CT molecular complexity index is 1020. The lowest BCUT2D eigenvalue weighted by Gasteiger charge is -2.36. The Morgan fingerprint density at radius 1 is 1.21 bits per heavy atom. The van der Waals surface area contributed by atoms with Crippen molar-refractivity contribution in [3.63, 3.8) is 0 Å². The lowest BCUT2D eigenvalue weighted by atomic mass is 10.2. The van der Waals surface area contributed by atoms with E-state index >= 15 is 0 Å². The quantitative estimate of drug-likeness (QED) is 0.343. The van der Waals surface area contributed by atoms with E-state index in [1.165, 1.54) is 22.9 Å². The average molecular weight is 487 g/mol. The van der Waals surface area contributed by atoms with Crippen molar-refractivity contribution in [2.45, 2.75) is 19.0 Å². The van der Waals surface area contributed by atoms with Gasteiger partial charge >= 0.3 is 24.3 Å². The topological polar surface area (TPSA) is 121 Å². The number of amides is 1. The maximum Gasteiger partial charge on any atom is 0.525 e. The summed E-state index contributed by atoms with van der Waals surface area (Å²) < 4.78 is 56.7. The zero-order valence-corrected chi connectivity index (χ0v) is 17.6. The molecule has 34 heavy (non-hydrogen) atoms. The van der Waals surface area contributed by atoms with Crippen molar-refractivity contribution in [1.29, 1.82) is 0 Å². The van der Waals surface area contributed by atoms with E-state index in [4.69, 9.17) is 14.2 Å². The van der Waals surface area contributed by atoms with Gasteiger partial charge in [0.15, 0.2) is 12.9 Å². The second-order valence-electron chi connectivity index (χ2n) is 7.43. The molecule has 3 heterocycles. The fraction of sp³-hybridized carbons (Fsp3) is 0.474. The van der Waals surface area contributed by atoms with Crippen molar-refractivity contribution in [1.82, 2.24) is 14.5 Å². The molecule has 0 radical (unpaired) electrons. The van der Waals surface area contributed by atoms with Gasteiger partial charge in [0.2, 0.25) is 0 Å². The lowest BCUT2D eigenvalue weighted by molar-refractivity contribution is -0.389. The van der Waals surface area contributed by atoms with Gasteiger partial charge < -0.3 is 34.1 Å². The standard InChI is InChI=1S/C19H20F3N5O7/c20-19(21,22)33-12-32-14-3-1-13(2-4-14)24-5-7-25(8-6-24)18(28)34-15-9-26-10-16(27(29)30)23-17(26)31-11-15/h1-4,10,15H,5-9,11-12H2/t15-/m0/s1. The molecular formula is C19H20F3N5O7. The number of piperazine rings is 1. The minimum Gasteiger partial charge on any atom is -0.467 e. The summed E-state index contributed by atoms with van der Waals surface area (Å²) in [6, 6.07) is 6.59. The Hall–Kier alpha value is -3.75. The monoisotopic (exact) mass is 487 g/mol. The van der Waals surface area contributed by atoms with E-state index in [0.717, 1.165) is 5.69 Å². The molecular weight excluding hydrogens is 467 g/mol. The van der Waals surface area contributed by atoms with Gasteiger partial charge in [-0.1, -0.05) is 0 Å². The van der Waals surface area contributed by atoms with Crippen LogP contribution in [0, 0.1) is 10.1 Å². The molecule has 1 fully saturated rings. The molecule has 0 unspecified atom stereocenters. The maximum atomic E-state index is 12.5. The number of carbonyl (C=O) groups excluding carboxylic acids is 1. The zero-order valence-electron chi connectivity index (χ0n) is 17.6. The van der Waals surface area contributed by atoms with Crippen molar-refractivity contribution < 1.29 is 41.8 Å². The highest BCUT2D eigenvalue weighted by atomic mass is 19.4. The van der Waals surface area contributed by atoms with Crippen molar-refractivity contribution in [2.24, 2.45) is 0 Å². The first-order chi connectivity index (χ1) is 16.2. The molecule has 12 nitrogen and oxygen atoms in total. The highest BCUT2D eigenvalue weighted by molar-refractivity contribution is 5.68. The van der Waals surface area contributed by atoms with Crippen molar-refractivity contribution in [2.75, 3.05) is 44.5 Å². The van der Waals surface area contributed by atoms with Crippen LogP contribution in [-0.4, -0.2) is 77.5 Å². The summed E-state index contributed by atoms with van der Waals surface area (Å²) in [4.78, 5) is 30.1. The summed E-state index contributed by atoms with van der Waals surface area (Å²) in [6.45, 7) is 1.14. The fourth-order valence-corrected chi connectivity index (χ4v) is 3.51. The molecule has 1 saturated heterocycles. The van der Waals surface area contributed by atoms with Gasteiger partial charge in [0.1, 0.15) is 18.6 Å². The van der Waals surface area contributed by atoms with Crippen molar-refractivity contribution >= 4 is 17.6 Å². The number of hydrogen-bond donors (Lipinski definition) is 0. The van der Waals surface area contributed by atoms with Gasteiger partial charge in [-0.2, -0.15) is 0 Å². The molecule has 0 aliphatic carbocycles. The van der Waals surface area contributed by atoms with E-state index in [1.807, 2.05) is 4.90 Å². The summed E-state index contributed by atoms with van der Waals surface area (Å²) in [5.41, 5.74) is 0.826. The predicted molar refractivity (Wildman–Crippen MR) is 108 cm³/mol. The summed E-state index contributed by atoms with van der Waals surface area (Å²) in [5.74, 6) is -0.108. The minimum absolute atomic E-state index is 0.0440. The molecule has 0 saturated carbocycles. The molecule has 2 aromatic rings. The van der Waals surface area contributed by atoms with E-state index in [2.05, 4.69) is 9.72 Å². The van der Waals surface area contributed by atoms with E-state index in [1.54, 1.807) is 17.0 Å². The number of fused-ring (bicyclic) bond motifs is 1. The first kappa shape index (κ1) is 23.4. The van der Waals surface area contributed by atoms with Crippen molar-refractivity contribution in [3.8, 4) is 11.8 Å². The third kappa shape index (κ3) is 5.78. The number of nitro groups is 1. The minimum atomic E-state index is -4.76. The van der Waals surface area contributed by atoms with E-state index in [9.17, 15) is 28.1 Å². The highest BCUT2D eigenvalue weighted by Gasteiger charge is 2.32. The fourth-order valence-electron chi connectivity index (χ4n) is 3.51. The molecule has 0 N–H and O–H groups in total. The number of hydrogen-bond acceptors (Lipinski definition) is 9. The number of alkyl halides is 3. The number of anilines is 1. The second-order valence-corrected chi connectivity index (χ2v) is 7.43. The van der Waals surface area contributed by atoms with Crippen LogP contribution >= 0.6 is 0 Å². The number of carbonyl (C=O) groups is 1. The molecule has 0 spiro atoms. The van der Waals surface area contributed by atoms with E-state index < -0.39 is 30.3 Å². The molecule has 1 aromatic heterocycles. The number of benzene rings is 1. The number of rotatable bonds is 6. The van der Waals surface area contributed by atoms with Crippen LogP contribution in [0.25, 0.3) is 0 Å². The number of ether oxygens (including phenoxy) is 4. The first-order valence-corrected chi connectivity index (χ1v) is 10.2. The SMILES string of the molecule is O=C(O[C@@H]1COc2nc([N+](=O)[O-])cn2C1)N1CCN(c2ccc(OCOC(F)(F)F)cc2)CC1. The van der Waals surface area contributed by atoms with Gasteiger partial charge in [-0.25, -0.2) is 4.79 Å². The van der Waals surface area contributed by atoms with Gasteiger partial charge in [-0.15, -0.1) is 13.2 Å². The predicted octanol–water partition coefficient (Wildman–Crippen LogP) is 2.38. The van der Waals surface area contributed by atoms with Crippen molar-refractivity contribution in [3.05, 3.63) is 40.6 Å². The van der Waals surface area contributed by atoms with Gasteiger partial charge in [0.25, 0.3) is 0 Å². The molecule has 2 aliphatic rings. The third-order valence-corrected chi connectivity index (χ3v) is 5.17. The zero-order chi connectivity index (χ0) is 24.3. The second kappa shape index (κ2) is 9.62. The number of nitrogens with zero attached hydrogens (tertiary/aromatic N) is 5. The largest absolute Gasteiger partial charge is 0.525 e. The summed E-state index contributed by atoms with van der Waals surface area (Å²) in [6.07, 6.45) is -4.65. The Labute approximate surface area is 190 Å². The average Bonchev–Trinajstić information content (AvgIpc) is 3.23. The normalized spacial score (nSPS) is 18.1. The van der Waals surface area contributed by atoms with E-state index in [-0.39, 0.29) is 30.7 Å². The summed E-state index contributed by atoms with van der Waals surface area (Å²) in [7, 11) is 0. The van der Waals surface area contributed by atoms with Crippen LogP contribution in [-0.2, 0) is 16.0 Å². The molecule has 1 aromatic carbocycles. The van der Waals surface area contributed by atoms with Crippen LogP contribution in [0.4, 0.5) is 29.5 Å². The van der Waals surface area contributed by atoms with Gasteiger partial charge in [0, 0.05) is 36.9 Å². The van der Waals surface area contributed by atoms with Crippen LogP contribution in [0.1, 0.15) is 0 Å². The Balaban J connectivity index is 1.23. The number of aromatic nitrogens is 2. The van der Waals surface area contributed by atoms with Crippen LogP contribution < -0.4 is 14.4 Å². The van der Waals surface area contributed by atoms with Crippen LogP contribution in [0.2, 0.25) is 0 Å². The Kier molecular flexibility index (Phi) is 6.63. The summed E-state index contributed by atoms with van der Waals surface area (Å²) in [5, 5.41) is 10.8. The molecule has 0 bridgehead atoms. The number of halogens is 3. The maximum absolute atomic E-state index is 12.5. The lowest BCUT2D eigenvalue weighted by Crippen LogP contribution is -2.50. The van der Waals surface area contributed by atoms with Crippen LogP contribution in [0.15, 0.2) is 30.5 Å². The molecule has 1 atom stereocenters.